The second-order valence-corrected chi connectivity index (χ2v) is 5.75. The molecule has 1 aliphatic rings. The van der Waals surface area contributed by atoms with Gasteiger partial charge in [0.2, 0.25) is 0 Å². The van der Waals surface area contributed by atoms with Gasteiger partial charge in [0.15, 0.2) is 0 Å². The van der Waals surface area contributed by atoms with Gasteiger partial charge in [-0.3, -0.25) is 10.1 Å². The Bertz CT molecular complexity index is 551. The molecular weight excluding hydrogens is 260 g/mol. The number of H-pyrrole nitrogens is 1. The predicted molar refractivity (Wildman–Crippen MR) is 89.4 cm³/mol. The highest BCUT2D eigenvalue weighted by atomic mass is 15.2. The van der Waals surface area contributed by atoms with Crippen LogP contribution in [0.15, 0.2) is 35.0 Å². The van der Waals surface area contributed by atoms with E-state index in [2.05, 4.69) is 36.2 Å². The molecule has 1 saturated carbocycles. The Balaban J connectivity index is 2.10. The van der Waals surface area contributed by atoms with E-state index >= 15 is 0 Å². The molecule has 0 saturated heterocycles. The third-order valence-corrected chi connectivity index (χ3v) is 4.03. The predicted octanol–water partition coefficient (Wildman–Crippen LogP) is 4.21. The normalized spacial score (nSPS) is 24.1. The lowest BCUT2D eigenvalue weighted by atomic mass is 9.99. The molecular formula is C17H26N4. The van der Waals surface area contributed by atoms with Gasteiger partial charge in [0.1, 0.15) is 5.82 Å². The van der Waals surface area contributed by atoms with E-state index in [1.54, 1.807) is 0 Å². The van der Waals surface area contributed by atoms with Crippen molar-refractivity contribution in [3.63, 3.8) is 0 Å². The summed E-state index contributed by atoms with van der Waals surface area (Å²) in [6, 6.07) is 1.96. The molecule has 21 heavy (non-hydrogen) atoms. The Morgan fingerprint density at radius 3 is 2.95 bits per heavy atom. The number of aliphatic imine (C=N–C) groups is 1. The first-order chi connectivity index (χ1) is 10.1. The molecule has 1 aliphatic carbocycles. The Hall–Kier alpha value is -1.84. The van der Waals surface area contributed by atoms with E-state index in [1.807, 2.05) is 19.1 Å². The largest absolute Gasteiger partial charge is 0.382 e. The minimum atomic E-state index is 0.525. The fourth-order valence-electron chi connectivity index (χ4n) is 3.09. The molecule has 2 rings (SSSR count). The number of aromatic nitrogens is 2. The maximum absolute atomic E-state index is 5.70. The zero-order valence-electron chi connectivity index (χ0n) is 13.3. The number of nitrogens with zero attached hydrogens (tertiary/aromatic N) is 2. The maximum atomic E-state index is 5.70. The van der Waals surface area contributed by atoms with Gasteiger partial charge in [-0.15, -0.1) is 0 Å². The lowest BCUT2D eigenvalue weighted by molar-refractivity contribution is 0.609. The van der Waals surface area contributed by atoms with Crippen LogP contribution in [0.1, 0.15) is 58.1 Å². The molecule has 3 N–H and O–H groups in total. The second-order valence-electron chi connectivity index (χ2n) is 5.75. The third kappa shape index (κ3) is 4.06. The summed E-state index contributed by atoms with van der Waals surface area (Å²) in [4.78, 5) is 4.81. The SMILES string of the molecule is C\C=C/C(C)=N/C(=C/CC)C1CCC(c2cc(N)n[nH]2)C1. The molecule has 0 spiro atoms. The number of aromatic amines is 1. The Labute approximate surface area is 127 Å². The topological polar surface area (TPSA) is 67.1 Å². The quantitative estimate of drug-likeness (QED) is 0.796. The zero-order chi connectivity index (χ0) is 15.2. The molecule has 0 amide bonds. The molecule has 0 aromatic carbocycles. The average Bonchev–Trinajstić information content (AvgIpc) is 3.07. The Morgan fingerprint density at radius 2 is 2.33 bits per heavy atom. The van der Waals surface area contributed by atoms with Crippen LogP contribution in [0.5, 0.6) is 0 Å². The van der Waals surface area contributed by atoms with Gasteiger partial charge in [-0.05, 0) is 45.6 Å². The standard InChI is InChI=1S/C17H26N4/c1-4-6-12(3)19-15(7-5-2)13-8-9-14(10-13)16-11-17(18)21-20-16/h4,6-7,11,13-14H,5,8-10H2,1-3H3,(H3,18,20,21)/b6-4-,15-7+,19-12+. The van der Waals surface area contributed by atoms with Crippen LogP contribution in [0, 0.1) is 5.92 Å². The molecule has 1 aromatic rings. The van der Waals surface area contributed by atoms with E-state index in [1.165, 1.54) is 24.2 Å². The molecule has 4 nitrogen and oxygen atoms in total. The first kappa shape index (κ1) is 15.5. The van der Waals surface area contributed by atoms with Crippen molar-refractivity contribution in [2.45, 2.75) is 52.4 Å². The summed E-state index contributed by atoms with van der Waals surface area (Å²) in [5.41, 5.74) is 9.19. The van der Waals surface area contributed by atoms with E-state index < -0.39 is 0 Å². The van der Waals surface area contributed by atoms with Crippen LogP contribution in [0.25, 0.3) is 0 Å². The van der Waals surface area contributed by atoms with Crippen molar-refractivity contribution in [2.75, 3.05) is 5.73 Å². The minimum Gasteiger partial charge on any atom is -0.382 e. The van der Waals surface area contributed by atoms with Crippen LogP contribution in [0.4, 0.5) is 5.82 Å². The summed E-state index contributed by atoms with van der Waals surface area (Å²) >= 11 is 0. The number of allylic oxidation sites excluding steroid dienone is 4. The highest BCUT2D eigenvalue weighted by Gasteiger charge is 2.29. The third-order valence-electron chi connectivity index (χ3n) is 4.03. The van der Waals surface area contributed by atoms with Gasteiger partial charge in [-0.25, -0.2) is 0 Å². The molecule has 114 valence electrons. The molecule has 0 radical (unpaired) electrons. The number of nitrogens with two attached hydrogens (primary N) is 1. The Morgan fingerprint density at radius 1 is 1.52 bits per heavy atom. The summed E-state index contributed by atoms with van der Waals surface area (Å²) in [6.45, 7) is 6.25. The molecule has 1 heterocycles. The van der Waals surface area contributed by atoms with Gasteiger partial charge in [-0.1, -0.05) is 19.1 Å². The van der Waals surface area contributed by atoms with Crippen molar-refractivity contribution >= 4 is 11.5 Å². The molecule has 2 unspecified atom stereocenters. The van der Waals surface area contributed by atoms with E-state index in [9.17, 15) is 0 Å². The summed E-state index contributed by atoms with van der Waals surface area (Å²) in [7, 11) is 0. The van der Waals surface area contributed by atoms with E-state index in [0.717, 1.165) is 18.6 Å². The number of rotatable bonds is 5. The zero-order valence-corrected chi connectivity index (χ0v) is 13.3. The van der Waals surface area contributed by atoms with Gasteiger partial charge < -0.3 is 5.73 Å². The van der Waals surface area contributed by atoms with Gasteiger partial charge in [-0.2, -0.15) is 5.10 Å². The monoisotopic (exact) mass is 286 g/mol. The van der Waals surface area contributed by atoms with Crippen LogP contribution in [0.2, 0.25) is 0 Å². The van der Waals surface area contributed by atoms with Crippen molar-refractivity contribution in [1.29, 1.82) is 0 Å². The summed E-state index contributed by atoms with van der Waals surface area (Å²) in [6.07, 6.45) is 10.9. The number of nitrogen functional groups attached to an aromatic ring is 1. The van der Waals surface area contributed by atoms with Crippen LogP contribution >= 0.6 is 0 Å². The van der Waals surface area contributed by atoms with E-state index in [-0.39, 0.29) is 0 Å². The number of hydrogen-bond donors (Lipinski definition) is 2. The molecule has 4 heteroatoms. The Kier molecular flexibility index (Phi) is 5.37. The summed E-state index contributed by atoms with van der Waals surface area (Å²) < 4.78 is 0. The smallest absolute Gasteiger partial charge is 0.145 e. The van der Waals surface area contributed by atoms with Gasteiger partial charge in [0.25, 0.3) is 0 Å². The van der Waals surface area contributed by atoms with E-state index in [4.69, 9.17) is 10.7 Å². The van der Waals surface area contributed by atoms with Crippen molar-refractivity contribution in [2.24, 2.45) is 10.9 Å². The van der Waals surface area contributed by atoms with Crippen LogP contribution in [-0.2, 0) is 0 Å². The lowest BCUT2D eigenvalue weighted by Crippen LogP contribution is -2.01. The number of hydrogen-bond acceptors (Lipinski definition) is 3. The number of anilines is 1. The summed E-state index contributed by atoms with van der Waals surface area (Å²) in [5, 5.41) is 7.10. The van der Waals surface area contributed by atoms with Crippen LogP contribution < -0.4 is 5.73 Å². The summed E-state index contributed by atoms with van der Waals surface area (Å²) in [5.74, 6) is 1.65. The van der Waals surface area contributed by atoms with Crippen molar-refractivity contribution in [1.82, 2.24) is 10.2 Å². The van der Waals surface area contributed by atoms with Crippen LogP contribution in [0.3, 0.4) is 0 Å². The first-order valence-corrected chi connectivity index (χ1v) is 7.82. The molecule has 1 fully saturated rings. The minimum absolute atomic E-state index is 0.525. The second kappa shape index (κ2) is 7.25. The highest BCUT2D eigenvalue weighted by Crippen LogP contribution is 2.41. The molecule has 0 aliphatic heterocycles. The highest BCUT2D eigenvalue weighted by molar-refractivity contribution is 5.93. The maximum Gasteiger partial charge on any atom is 0.145 e. The average molecular weight is 286 g/mol. The molecule has 2 atom stereocenters. The fourth-order valence-corrected chi connectivity index (χ4v) is 3.09. The first-order valence-electron chi connectivity index (χ1n) is 7.82. The van der Waals surface area contributed by atoms with Gasteiger partial charge in [0, 0.05) is 35.0 Å². The van der Waals surface area contributed by atoms with E-state index in [0.29, 0.717) is 17.7 Å². The molecule has 0 bridgehead atoms. The molecule has 1 aromatic heterocycles. The number of nitrogens with one attached hydrogen (secondary N) is 1. The van der Waals surface area contributed by atoms with Gasteiger partial charge in [0.05, 0.1) is 0 Å². The van der Waals surface area contributed by atoms with Crippen molar-refractivity contribution in [3.05, 3.63) is 35.7 Å². The lowest BCUT2D eigenvalue weighted by Gasteiger charge is -2.12. The van der Waals surface area contributed by atoms with Crippen molar-refractivity contribution in [3.8, 4) is 0 Å². The van der Waals surface area contributed by atoms with Crippen LogP contribution in [-0.4, -0.2) is 15.9 Å². The van der Waals surface area contributed by atoms with Gasteiger partial charge >= 0.3 is 0 Å². The fraction of sp³-hybridized carbons (Fsp3) is 0.529. The van der Waals surface area contributed by atoms with Crippen molar-refractivity contribution < 1.29 is 0 Å².